The van der Waals surface area contributed by atoms with Gasteiger partial charge in [0.15, 0.2) is 17.4 Å². The predicted molar refractivity (Wildman–Crippen MR) is 131 cm³/mol. The molecule has 1 unspecified atom stereocenters. The van der Waals surface area contributed by atoms with Crippen molar-refractivity contribution in [1.82, 2.24) is 14.5 Å². The second-order valence-electron chi connectivity index (χ2n) is 8.73. The maximum atomic E-state index is 13.3. The molecule has 0 aliphatic heterocycles. The van der Waals surface area contributed by atoms with Crippen molar-refractivity contribution in [3.8, 4) is 11.5 Å². The number of ether oxygens (including phenoxy) is 2. The lowest BCUT2D eigenvalue weighted by atomic mass is 9.98. The Morgan fingerprint density at radius 2 is 1.83 bits per heavy atom. The van der Waals surface area contributed by atoms with E-state index in [0.29, 0.717) is 65.8 Å². The summed E-state index contributed by atoms with van der Waals surface area (Å²) >= 11 is 0. The highest BCUT2D eigenvalue weighted by Crippen LogP contribution is 2.43. The first-order valence-electron chi connectivity index (χ1n) is 11.7. The van der Waals surface area contributed by atoms with E-state index in [9.17, 15) is 9.18 Å². The molecule has 2 aromatic carbocycles. The van der Waals surface area contributed by atoms with E-state index in [1.54, 1.807) is 25.3 Å². The van der Waals surface area contributed by atoms with E-state index >= 15 is 0 Å². The van der Waals surface area contributed by atoms with Crippen LogP contribution in [0.15, 0.2) is 41.1 Å². The van der Waals surface area contributed by atoms with Crippen molar-refractivity contribution in [3.05, 3.63) is 70.9 Å². The quantitative estimate of drug-likeness (QED) is 0.262. The molecule has 0 saturated heterocycles. The number of rotatable bonds is 10. The molecular weight excluding hydrogens is 449 g/mol. The van der Waals surface area contributed by atoms with Crippen LogP contribution in [0.4, 0.5) is 4.39 Å². The van der Waals surface area contributed by atoms with Gasteiger partial charge >= 0.3 is 0 Å². The standard InChI is InChI=1S/C27H30FN3O4/c1-16(21-6-8-22(28)9-7-21)10-14-33-27-25(34-15-13-31-12-11-29-19(31)4)23(18(3)32)17(2)24-26(27)35-20(5)30-24/h6-9,11-12,16H,10,13-15H2,1-5H3. The van der Waals surface area contributed by atoms with E-state index in [2.05, 4.69) is 16.9 Å². The first-order valence-corrected chi connectivity index (χ1v) is 11.7. The van der Waals surface area contributed by atoms with Crippen LogP contribution in [-0.2, 0) is 6.54 Å². The van der Waals surface area contributed by atoms with E-state index in [1.807, 2.05) is 24.6 Å². The molecule has 0 radical (unpaired) electrons. The number of oxazole rings is 1. The summed E-state index contributed by atoms with van der Waals surface area (Å²) < 4.78 is 33.6. The van der Waals surface area contributed by atoms with Gasteiger partial charge in [-0.1, -0.05) is 19.1 Å². The Kier molecular flexibility index (Phi) is 7.19. The molecule has 35 heavy (non-hydrogen) atoms. The summed E-state index contributed by atoms with van der Waals surface area (Å²) in [6.07, 6.45) is 4.30. The van der Waals surface area contributed by atoms with Gasteiger partial charge in [-0.3, -0.25) is 4.79 Å². The van der Waals surface area contributed by atoms with Crippen molar-refractivity contribution >= 4 is 16.9 Å². The lowest BCUT2D eigenvalue weighted by Gasteiger charge is -2.19. The Bertz CT molecular complexity index is 1340. The lowest BCUT2D eigenvalue weighted by molar-refractivity contribution is 0.101. The number of hydrogen-bond acceptors (Lipinski definition) is 6. The molecule has 0 bridgehead atoms. The van der Waals surface area contributed by atoms with Crippen LogP contribution >= 0.6 is 0 Å². The predicted octanol–water partition coefficient (Wildman–Crippen LogP) is 5.94. The minimum atomic E-state index is -0.260. The molecule has 4 rings (SSSR count). The maximum Gasteiger partial charge on any atom is 0.207 e. The van der Waals surface area contributed by atoms with Gasteiger partial charge in [0.1, 0.15) is 23.8 Å². The highest BCUT2D eigenvalue weighted by atomic mass is 19.1. The summed E-state index contributed by atoms with van der Waals surface area (Å²) in [6.45, 7) is 10.3. The third-order valence-corrected chi connectivity index (χ3v) is 6.19. The van der Waals surface area contributed by atoms with Gasteiger partial charge in [-0.05, 0) is 56.4 Å². The summed E-state index contributed by atoms with van der Waals surface area (Å²) in [5.41, 5.74) is 3.22. The van der Waals surface area contributed by atoms with E-state index in [-0.39, 0.29) is 17.5 Å². The SMILES string of the molecule is CC(=O)c1c(OCCn2ccnc2C)c(OCCC(C)c2ccc(F)cc2)c2oc(C)nc2c1C. The zero-order chi connectivity index (χ0) is 25.1. The number of halogens is 1. The Hall–Kier alpha value is -3.68. The Balaban J connectivity index is 1.63. The fourth-order valence-corrected chi connectivity index (χ4v) is 4.22. The minimum Gasteiger partial charge on any atom is -0.487 e. The molecule has 0 aliphatic rings. The monoisotopic (exact) mass is 479 g/mol. The number of fused-ring (bicyclic) bond motifs is 1. The highest BCUT2D eigenvalue weighted by Gasteiger charge is 2.26. The van der Waals surface area contributed by atoms with E-state index < -0.39 is 0 Å². The van der Waals surface area contributed by atoms with Gasteiger partial charge in [-0.2, -0.15) is 0 Å². The molecule has 1 atom stereocenters. The zero-order valence-corrected chi connectivity index (χ0v) is 20.7. The van der Waals surface area contributed by atoms with Gasteiger partial charge < -0.3 is 18.5 Å². The number of ketones is 1. The Labute approximate surface area is 203 Å². The normalized spacial score (nSPS) is 12.2. The van der Waals surface area contributed by atoms with Crippen LogP contribution < -0.4 is 9.47 Å². The number of carbonyl (C=O) groups excluding carboxylic acids is 1. The average molecular weight is 480 g/mol. The Morgan fingerprint density at radius 1 is 1.11 bits per heavy atom. The number of nitrogens with zero attached hydrogens (tertiary/aromatic N) is 3. The topological polar surface area (TPSA) is 79.4 Å². The van der Waals surface area contributed by atoms with Gasteiger partial charge in [0.25, 0.3) is 0 Å². The first kappa shape index (κ1) is 24.4. The van der Waals surface area contributed by atoms with Crippen LogP contribution in [0.5, 0.6) is 11.5 Å². The molecule has 0 aliphatic carbocycles. The number of carbonyl (C=O) groups is 1. The fraction of sp³-hybridized carbons (Fsp3) is 0.370. The third-order valence-electron chi connectivity index (χ3n) is 6.19. The smallest absolute Gasteiger partial charge is 0.207 e. The molecule has 184 valence electrons. The molecule has 4 aromatic rings. The first-order chi connectivity index (χ1) is 16.8. The Morgan fingerprint density at radius 3 is 2.49 bits per heavy atom. The van der Waals surface area contributed by atoms with Crippen LogP contribution in [0, 0.1) is 26.6 Å². The van der Waals surface area contributed by atoms with Gasteiger partial charge in [0.05, 0.1) is 18.7 Å². The van der Waals surface area contributed by atoms with Crippen molar-refractivity contribution in [1.29, 1.82) is 0 Å². The number of aromatic nitrogens is 3. The van der Waals surface area contributed by atoms with Crippen LogP contribution in [-0.4, -0.2) is 33.5 Å². The average Bonchev–Trinajstić information content (AvgIpc) is 3.41. The van der Waals surface area contributed by atoms with Gasteiger partial charge in [-0.15, -0.1) is 0 Å². The summed E-state index contributed by atoms with van der Waals surface area (Å²) in [4.78, 5) is 21.4. The lowest BCUT2D eigenvalue weighted by Crippen LogP contribution is -2.13. The highest BCUT2D eigenvalue weighted by molar-refractivity contribution is 6.05. The maximum absolute atomic E-state index is 13.3. The summed E-state index contributed by atoms with van der Waals surface area (Å²) in [5.74, 6) is 1.86. The van der Waals surface area contributed by atoms with Crippen molar-refractivity contribution in [3.63, 3.8) is 0 Å². The molecular formula is C27H30FN3O4. The van der Waals surface area contributed by atoms with Gasteiger partial charge in [0, 0.05) is 19.3 Å². The molecule has 0 N–H and O–H groups in total. The number of aryl methyl sites for hydroxylation is 3. The molecule has 8 heteroatoms. The fourth-order valence-electron chi connectivity index (χ4n) is 4.22. The van der Waals surface area contributed by atoms with Crippen molar-refractivity contribution in [2.75, 3.05) is 13.2 Å². The van der Waals surface area contributed by atoms with Crippen LogP contribution in [0.3, 0.4) is 0 Å². The molecule has 0 saturated carbocycles. The van der Waals surface area contributed by atoms with Crippen molar-refractivity contribution in [2.24, 2.45) is 0 Å². The van der Waals surface area contributed by atoms with Crippen LogP contribution in [0.25, 0.3) is 11.1 Å². The molecule has 0 fully saturated rings. The molecule has 2 aromatic heterocycles. The van der Waals surface area contributed by atoms with Gasteiger partial charge in [0.2, 0.25) is 11.3 Å². The largest absolute Gasteiger partial charge is 0.487 e. The molecule has 0 spiro atoms. The number of hydrogen-bond donors (Lipinski definition) is 0. The molecule has 2 heterocycles. The van der Waals surface area contributed by atoms with Crippen molar-refractivity contribution < 1.29 is 23.1 Å². The van der Waals surface area contributed by atoms with E-state index in [1.165, 1.54) is 19.1 Å². The van der Waals surface area contributed by atoms with Crippen molar-refractivity contribution in [2.45, 2.75) is 53.5 Å². The number of Topliss-reactive ketones (excluding diaryl/α,β-unsaturated/α-hetero) is 1. The number of imidazole rings is 1. The van der Waals surface area contributed by atoms with Crippen LogP contribution in [0.1, 0.15) is 59.4 Å². The second-order valence-corrected chi connectivity index (χ2v) is 8.73. The van der Waals surface area contributed by atoms with E-state index in [0.717, 1.165) is 11.4 Å². The summed E-state index contributed by atoms with van der Waals surface area (Å²) in [5, 5.41) is 0. The summed E-state index contributed by atoms with van der Waals surface area (Å²) in [6, 6.07) is 6.48. The molecule has 0 amide bonds. The zero-order valence-electron chi connectivity index (χ0n) is 20.7. The van der Waals surface area contributed by atoms with Crippen LogP contribution in [0.2, 0.25) is 0 Å². The molecule has 7 nitrogen and oxygen atoms in total. The second kappa shape index (κ2) is 10.3. The van der Waals surface area contributed by atoms with Gasteiger partial charge in [-0.25, -0.2) is 14.4 Å². The summed E-state index contributed by atoms with van der Waals surface area (Å²) in [7, 11) is 0. The number of benzene rings is 2. The minimum absolute atomic E-state index is 0.136. The van der Waals surface area contributed by atoms with E-state index in [4.69, 9.17) is 13.9 Å². The third kappa shape index (κ3) is 5.21.